The number of benzene rings is 2. The van der Waals surface area contributed by atoms with Gasteiger partial charge in [0.05, 0.1) is 10.8 Å². The van der Waals surface area contributed by atoms with Crippen molar-refractivity contribution < 1.29 is 27.8 Å². The number of nitrogens with one attached hydrogen (secondary N) is 1. The number of carboxylic acid groups (broad SMARTS) is 1. The summed E-state index contributed by atoms with van der Waals surface area (Å²) in [6.45, 7) is 4.03. The first-order valence-electron chi connectivity index (χ1n) is 8.60. The molecule has 0 spiro atoms. The first-order chi connectivity index (χ1) is 13.6. The van der Waals surface area contributed by atoms with Gasteiger partial charge >= 0.3 is 12.1 Å². The number of halogens is 4. The smallest absolute Gasteiger partial charge is 0.420 e. The number of fused-ring (bicyclic) bond motifs is 1. The predicted molar refractivity (Wildman–Crippen MR) is 107 cm³/mol. The maximum atomic E-state index is 13.6. The van der Waals surface area contributed by atoms with Gasteiger partial charge in [0.2, 0.25) is 0 Å². The molecule has 9 heteroatoms. The molecule has 4 nitrogen and oxygen atoms in total. The van der Waals surface area contributed by atoms with E-state index >= 15 is 0 Å². The van der Waals surface area contributed by atoms with Crippen LogP contribution in [0.1, 0.15) is 30.9 Å². The maximum absolute atomic E-state index is 13.6. The lowest BCUT2D eigenvalue weighted by Gasteiger charge is -2.17. The van der Waals surface area contributed by atoms with Gasteiger partial charge in [-0.05, 0) is 41.8 Å². The van der Waals surface area contributed by atoms with Gasteiger partial charge in [0.1, 0.15) is 11.3 Å². The van der Waals surface area contributed by atoms with Crippen molar-refractivity contribution in [2.45, 2.75) is 30.8 Å². The van der Waals surface area contributed by atoms with Crippen LogP contribution in [-0.2, 0) is 11.0 Å². The number of aliphatic carboxylic acids is 1. The molecule has 2 aromatic carbocycles. The third kappa shape index (κ3) is 4.82. The van der Waals surface area contributed by atoms with Gasteiger partial charge < -0.3 is 14.8 Å². The number of rotatable bonds is 6. The van der Waals surface area contributed by atoms with Crippen LogP contribution in [-0.4, -0.2) is 21.8 Å². The van der Waals surface area contributed by atoms with Crippen LogP contribution in [0.2, 0.25) is 5.02 Å². The van der Waals surface area contributed by atoms with Crippen molar-refractivity contribution in [3.63, 3.8) is 0 Å². The summed E-state index contributed by atoms with van der Waals surface area (Å²) in [5.74, 6) is -1.59. The largest absolute Gasteiger partial charge is 0.481 e. The van der Waals surface area contributed by atoms with Gasteiger partial charge in [-0.3, -0.25) is 4.79 Å². The number of aromatic nitrogens is 1. The SMILES string of the molecule is CC(C)c1c[nH]c2ccc(Oc3c(Cl)cc(SCC(=O)O)cc3C(F)(F)F)cc12. The summed E-state index contributed by atoms with van der Waals surface area (Å²) in [4.78, 5) is 13.9. The van der Waals surface area contributed by atoms with Crippen molar-refractivity contribution in [1.82, 2.24) is 4.98 Å². The fraction of sp³-hybridized carbons (Fsp3) is 0.250. The van der Waals surface area contributed by atoms with Crippen LogP contribution >= 0.6 is 23.4 Å². The summed E-state index contributed by atoms with van der Waals surface area (Å²) >= 11 is 6.85. The molecule has 1 aromatic heterocycles. The lowest BCUT2D eigenvalue weighted by Crippen LogP contribution is -2.08. The third-order valence-electron chi connectivity index (χ3n) is 4.21. The molecule has 0 aliphatic heterocycles. The zero-order valence-electron chi connectivity index (χ0n) is 15.4. The molecule has 0 aliphatic carbocycles. The van der Waals surface area contributed by atoms with Gasteiger partial charge in [0.25, 0.3) is 0 Å². The van der Waals surface area contributed by atoms with E-state index < -0.39 is 23.5 Å². The lowest BCUT2D eigenvalue weighted by atomic mass is 10.0. The summed E-state index contributed by atoms with van der Waals surface area (Å²) < 4.78 is 46.4. The van der Waals surface area contributed by atoms with Gasteiger partial charge in [0, 0.05) is 22.0 Å². The Hall–Kier alpha value is -2.32. The molecule has 0 fully saturated rings. The second-order valence-electron chi connectivity index (χ2n) is 6.67. The number of alkyl halides is 3. The molecule has 0 aliphatic rings. The Kier molecular flexibility index (Phi) is 6.05. The van der Waals surface area contributed by atoms with E-state index in [9.17, 15) is 18.0 Å². The van der Waals surface area contributed by atoms with Crippen LogP contribution in [0.25, 0.3) is 10.9 Å². The second kappa shape index (κ2) is 8.20. The van der Waals surface area contributed by atoms with Crippen LogP contribution in [0.3, 0.4) is 0 Å². The van der Waals surface area contributed by atoms with E-state index in [1.807, 2.05) is 20.0 Å². The van der Waals surface area contributed by atoms with Crippen molar-refractivity contribution in [3.05, 3.63) is 52.7 Å². The molecule has 0 radical (unpaired) electrons. The fourth-order valence-electron chi connectivity index (χ4n) is 2.89. The highest BCUT2D eigenvalue weighted by molar-refractivity contribution is 8.00. The summed E-state index contributed by atoms with van der Waals surface area (Å²) in [5.41, 5.74) is 0.813. The number of carbonyl (C=O) groups is 1. The van der Waals surface area contributed by atoms with Crippen molar-refractivity contribution in [2.75, 3.05) is 5.75 Å². The number of aromatic amines is 1. The highest BCUT2D eigenvalue weighted by Gasteiger charge is 2.36. The highest BCUT2D eigenvalue weighted by Crippen LogP contribution is 2.45. The molecule has 154 valence electrons. The van der Waals surface area contributed by atoms with Gasteiger partial charge in [0.15, 0.2) is 5.75 Å². The molecule has 2 N–H and O–H groups in total. The van der Waals surface area contributed by atoms with Gasteiger partial charge in [-0.25, -0.2) is 0 Å². The standard InChI is InChI=1S/C20H17ClF3NO3S/c1-10(2)14-8-25-17-4-3-11(5-13(14)17)28-19-15(20(22,23)24)6-12(7-16(19)21)29-9-18(26)27/h3-8,10,25H,9H2,1-2H3,(H,26,27). The normalized spacial score (nSPS) is 12.0. The molecule has 3 rings (SSSR count). The number of ether oxygens (including phenoxy) is 1. The first kappa shape index (κ1) is 21.4. The molecule has 0 saturated carbocycles. The van der Waals surface area contributed by atoms with Gasteiger partial charge in [-0.1, -0.05) is 25.4 Å². The van der Waals surface area contributed by atoms with Gasteiger partial charge in [-0.2, -0.15) is 13.2 Å². The second-order valence-corrected chi connectivity index (χ2v) is 8.13. The molecule has 0 unspecified atom stereocenters. The van der Waals surface area contributed by atoms with E-state index in [0.717, 1.165) is 34.3 Å². The average Bonchev–Trinajstić information content (AvgIpc) is 3.04. The van der Waals surface area contributed by atoms with E-state index in [0.29, 0.717) is 0 Å². The number of carboxylic acids is 1. The minimum absolute atomic E-state index is 0.0975. The molecule has 3 aromatic rings. The Morgan fingerprint density at radius 1 is 1.28 bits per heavy atom. The number of hydrogen-bond donors (Lipinski definition) is 2. The predicted octanol–water partition coefficient (Wildman–Crippen LogP) is 6.93. The Bertz CT molecular complexity index is 1060. The molecule has 0 saturated heterocycles. The summed E-state index contributed by atoms with van der Waals surface area (Å²) in [6, 6.07) is 7.09. The maximum Gasteiger partial charge on any atom is 0.420 e. The quantitative estimate of drug-likeness (QED) is 0.405. The number of H-pyrrole nitrogens is 1. The molecule has 0 atom stereocenters. The molecule has 29 heavy (non-hydrogen) atoms. The van der Waals surface area contributed by atoms with Gasteiger partial charge in [-0.15, -0.1) is 11.8 Å². The highest BCUT2D eigenvalue weighted by atomic mass is 35.5. The summed E-state index contributed by atoms with van der Waals surface area (Å²) in [5, 5.41) is 9.36. The van der Waals surface area contributed by atoms with Crippen molar-refractivity contribution in [1.29, 1.82) is 0 Å². The lowest BCUT2D eigenvalue weighted by molar-refractivity contribution is -0.138. The Morgan fingerprint density at radius 2 is 2.00 bits per heavy atom. The fourth-order valence-corrected chi connectivity index (χ4v) is 3.91. The van der Waals surface area contributed by atoms with Crippen molar-refractivity contribution in [3.8, 4) is 11.5 Å². The minimum atomic E-state index is -4.72. The zero-order valence-corrected chi connectivity index (χ0v) is 17.0. The van der Waals surface area contributed by atoms with Crippen molar-refractivity contribution in [2.24, 2.45) is 0 Å². The Labute approximate surface area is 174 Å². The van der Waals surface area contributed by atoms with E-state index in [2.05, 4.69) is 4.98 Å². The average molecular weight is 444 g/mol. The minimum Gasteiger partial charge on any atom is -0.481 e. The molecular formula is C20H17ClF3NO3S. The molecular weight excluding hydrogens is 427 g/mol. The van der Waals surface area contributed by atoms with Crippen LogP contribution in [0, 0.1) is 0 Å². The van der Waals surface area contributed by atoms with E-state index in [1.54, 1.807) is 18.2 Å². The van der Waals surface area contributed by atoms with Crippen LogP contribution in [0.15, 0.2) is 41.4 Å². The van der Waals surface area contributed by atoms with E-state index in [1.165, 1.54) is 6.07 Å². The van der Waals surface area contributed by atoms with E-state index in [4.69, 9.17) is 21.4 Å². The van der Waals surface area contributed by atoms with Crippen LogP contribution in [0.5, 0.6) is 11.5 Å². The number of thioether (sulfide) groups is 1. The topological polar surface area (TPSA) is 62.3 Å². The molecule has 0 bridgehead atoms. The third-order valence-corrected chi connectivity index (χ3v) is 5.45. The molecule has 0 amide bonds. The number of hydrogen-bond acceptors (Lipinski definition) is 3. The Balaban J connectivity index is 2.02. The zero-order chi connectivity index (χ0) is 21.3. The van der Waals surface area contributed by atoms with Crippen molar-refractivity contribution >= 4 is 40.2 Å². The first-order valence-corrected chi connectivity index (χ1v) is 9.97. The monoisotopic (exact) mass is 443 g/mol. The van der Waals surface area contributed by atoms with Crippen LogP contribution < -0.4 is 4.74 Å². The Morgan fingerprint density at radius 3 is 2.62 bits per heavy atom. The summed E-state index contributed by atoms with van der Waals surface area (Å²) in [7, 11) is 0. The summed E-state index contributed by atoms with van der Waals surface area (Å²) in [6.07, 6.45) is -2.86. The molecule has 1 heterocycles. The van der Waals surface area contributed by atoms with E-state index in [-0.39, 0.29) is 27.3 Å². The van der Waals surface area contributed by atoms with Crippen LogP contribution in [0.4, 0.5) is 13.2 Å².